The van der Waals surface area contributed by atoms with Gasteiger partial charge in [-0.3, -0.25) is 4.79 Å². The van der Waals surface area contributed by atoms with Crippen LogP contribution in [0.15, 0.2) is 18.2 Å². The molecule has 0 aliphatic rings. The highest BCUT2D eigenvalue weighted by Gasteiger charge is 2.20. The second-order valence-electron chi connectivity index (χ2n) is 3.48. The normalized spacial score (nSPS) is 11.8. The average Bonchev–Trinajstić information content (AvgIpc) is 2.34. The number of carbonyl (C=O) groups is 3. The maximum atomic E-state index is 10.8. The van der Waals surface area contributed by atoms with Crippen molar-refractivity contribution in [3.63, 3.8) is 0 Å². The Labute approximate surface area is 97.7 Å². The van der Waals surface area contributed by atoms with Crippen molar-refractivity contribution in [3.05, 3.63) is 34.9 Å². The van der Waals surface area contributed by atoms with Gasteiger partial charge in [-0.25, -0.2) is 4.79 Å². The highest BCUT2D eigenvalue weighted by Crippen LogP contribution is 2.22. The van der Waals surface area contributed by atoms with Crippen LogP contribution in [-0.2, 0) is 16.0 Å². The SMILES string of the molecule is O=CCCc1c(C=O)cccc1C(O)C(=O)O. The minimum absolute atomic E-state index is 0.156. The van der Waals surface area contributed by atoms with Crippen molar-refractivity contribution in [2.75, 3.05) is 0 Å². The molecule has 1 unspecified atom stereocenters. The van der Waals surface area contributed by atoms with Crippen molar-refractivity contribution >= 4 is 18.5 Å². The molecule has 0 aliphatic heterocycles. The molecule has 5 heteroatoms. The lowest BCUT2D eigenvalue weighted by atomic mass is 9.94. The monoisotopic (exact) mass is 236 g/mol. The molecule has 2 N–H and O–H groups in total. The fourth-order valence-electron chi connectivity index (χ4n) is 1.61. The van der Waals surface area contributed by atoms with Gasteiger partial charge in [-0.05, 0) is 17.5 Å². The summed E-state index contributed by atoms with van der Waals surface area (Å²) in [6.07, 6.45) is -0.0181. The predicted octanol–water partition coefficient (Wildman–Crippen LogP) is 0.749. The second kappa shape index (κ2) is 5.91. The first-order valence-corrected chi connectivity index (χ1v) is 5.03. The van der Waals surface area contributed by atoms with Gasteiger partial charge in [0.1, 0.15) is 12.6 Å². The fraction of sp³-hybridized carbons (Fsp3) is 0.250. The van der Waals surface area contributed by atoms with Crippen molar-refractivity contribution < 1.29 is 24.6 Å². The van der Waals surface area contributed by atoms with Gasteiger partial charge in [0.2, 0.25) is 0 Å². The molecule has 0 spiro atoms. The van der Waals surface area contributed by atoms with Crippen LogP contribution < -0.4 is 0 Å². The zero-order valence-corrected chi connectivity index (χ0v) is 9.00. The summed E-state index contributed by atoms with van der Waals surface area (Å²) in [4.78, 5) is 31.9. The lowest BCUT2D eigenvalue weighted by molar-refractivity contribution is -0.147. The number of aliphatic hydroxyl groups is 1. The molecule has 0 fully saturated rings. The summed E-state index contributed by atoms with van der Waals surface area (Å²) in [5.74, 6) is -1.39. The predicted molar refractivity (Wildman–Crippen MR) is 58.8 cm³/mol. The van der Waals surface area contributed by atoms with E-state index in [2.05, 4.69) is 0 Å². The average molecular weight is 236 g/mol. The first-order chi connectivity index (χ1) is 8.11. The highest BCUT2D eigenvalue weighted by atomic mass is 16.4. The quantitative estimate of drug-likeness (QED) is 0.711. The molecule has 0 aromatic heterocycles. The molecule has 17 heavy (non-hydrogen) atoms. The van der Waals surface area contributed by atoms with Crippen molar-refractivity contribution in [2.24, 2.45) is 0 Å². The van der Waals surface area contributed by atoms with Gasteiger partial charge >= 0.3 is 5.97 Å². The van der Waals surface area contributed by atoms with Crippen molar-refractivity contribution in [3.8, 4) is 0 Å². The molecule has 1 aromatic rings. The van der Waals surface area contributed by atoms with E-state index in [1.807, 2.05) is 0 Å². The Morgan fingerprint density at radius 1 is 1.35 bits per heavy atom. The van der Waals surface area contributed by atoms with Crippen LogP contribution in [0.3, 0.4) is 0 Å². The Morgan fingerprint density at radius 3 is 2.59 bits per heavy atom. The highest BCUT2D eigenvalue weighted by molar-refractivity contribution is 5.81. The zero-order valence-electron chi connectivity index (χ0n) is 9.00. The van der Waals surface area contributed by atoms with Gasteiger partial charge in [-0.15, -0.1) is 0 Å². The van der Waals surface area contributed by atoms with Crippen LogP contribution in [-0.4, -0.2) is 28.8 Å². The van der Waals surface area contributed by atoms with Gasteiger partial charge < -0.3 is 15.0 Å². The Kier molecular flexibility index (Phi) is 4.54. The number of benzene rings is 1. The minimum Gasteiger partial charge on any atom is -0.479 e. The number of hydrogen-bond donors (Lipinski definition) is 2. The van der Waals surface area contributed by atoms with Gasteiger partial charge in [0.05, 0.1) is 0 Å². The molecule has 0 aliphatic carbocycles. The molecule has 1 rings (SSSR count). The van der Waals surface area contributed by atoms with E-state index in [9.17, 15) is 19.5 Å². The van der Waals surface area contributed by atoms with E-state index in [4.69, 9.17) is 5.11 Å². The Bertz CT molecular complexity index is 439. The fourth-order valence-corrected chi connectivity index (χ4v) is 1.61. The van der Waals surface area contributed by atoms with Crippen molar-refractivity contribution in [2.45, 2.75) is 18.9 Å². The number of carboxylic acid groups (broad SMARTS) is 1. The van der Waals surface area contributed by atoms with Crippen LogP contribution in [0.25, 0.3) is 0 Å². The number of rotatable bonds is 6. The van der Waals surface area contributed by atoms with Gasteiger partial charge in [0.25, 0.3) is 0 Å². The molecule has 0 heterocycles. The Balaban J connectivity index is 3.22. The summed E-state index contributed by atoms with van der Waals surface area (Å²) < 4.78 is 0. The molecule has 90 valence electrons. The number of aliphatic hydroxyl groups excluding tert-OH is 1. The third-order valence-corrected chi connectivity index (χ3v) is 2.42. The van der Waals surface area contributed by atoms with Gasteiger partial charge in [-0.2, -0.15) is 0 Å². The van der Waals surface area contributed by atoms with E-state index in [-0.39, 0.29) is 18.4 Å². The van der Waals surface area contributed by atoms with Crippen LogP contribution in [0.1, 0.15) is 34.0 Å². The molecule has 1 aromatic carbocycles. The van der Waals surface area contributed by atoms with Gasteiger partial charge in [0, 0.05) is 12.0 Å². The molecular weight excluding hydrogens is 224 g/mol. The minimum atomic E-state index is -1.68. The van der Waals surface area contributed by atoms with E-state index in [0.717, 1.165) is 0 Å². The summed E-state index contributed by atoms with van der Waals surface area (Å²) in [5, 5.41) is 18.2. The summed E-state index contributed by atoms with van der Waals surface area (Å²) in [5.41, 5.74) is 0.859. The van der Waals surface area contributed by atoms with E-state index >= 15 is 0 Å². The summed E-state index contributed by atoms with van der Waals surface area (Å²) in [6, 6.07) is 4.45. The molecule has 0 saturated carbocycles. The number of carbonyl (C=O) groups excluding carboxylic acids is 2. The third kappa shape index (κ3) is 2.98. The molecule has 5 nitrogen and oxygen atoms in total. The van der Waals surface area contributed by atoms with Crippen LogP contribution in [0.2, 0.25) is 0 Å². The van der Waals surface area contributed by atoms with Gasteiger partial charge in [0.15, 0.2) is 6.10 Å². The van der Waals surface area contributed by atoms with Crippen LogP contribution in [0.4, 0.5) is 0 Å². The topological polar surface area (TPSA) is 91.7 Å². The summed E-state index contributed by atoms with van der Waals surface area (Å²) in [7, 11) is 0. The van der Waals surface area contributed by atoms with Crippen LogP contribution in [0, 0.1) is 0 Å². The van der Waals surface area contributed by atoms with E-state index in [0.29, 0.717) is 23.7 Å². The maximum absolute atomic E-state index is 10.8. The van der Waals surface area contributed by atoms with Crippen molar-refractivity contribution in [1.29, 1.82) is 0 Å². The van der Waals surface area contributed by atoms with E-state index in [1.54, 1.807) is 0 Å². The Hall–Kier alpha value is -2.01. The number of aldehydes is 2. The van der Waals surface area contributed by atoms with E-state index in [1.165, 1.54) is 18.2 Å². The molecule has 1 atom stereocenters. The second-order valence-corrected chi connectivity index (χ2v) is 3.48. The van der Waals surface area contributed by atoms with Crippen LogP contribution in [0.5, 0.6) is 0 Å². The smallest absolute Gasteiger partial charge is 0.337 e. The van der Waals surface area contributed by atoms with Gasteiger partial charge in [-0.1, -0.05) is 18.2 Å². The first-order valence-electron chi connectivity index (χ1n) is 5.03. The molecular formula is C12H12O5. The number of carboxylic acids is 1. The Morgan fingerprint density at radius 2 is 2.06 bits per heavy atom. The van der Waals surface area contributed by atoms with Crippen molar-refractivity contribution in [1.82, 2.24) is 0 Å². The van der Waals surface area contributed by atoms with Crippen LogP contribution >= 0.6 is 0 Å². The zero-order chi connectivity index (χ0) is 12.8. The third-order valence-electron chi connectivity index (χ3n) is 2.42. The maximum Gasteiger partial charge on any atom is 0.337 e. The lowest BCUT2D eigenvalue weighted by Gasteiger charge is -2.13. The molecule has 0 bridgehead atoms. The largest absolute Gasteiger partial charge is 0.479 e. The summed E-state index contributed by atoms with van der Waals surface area (Å²) >= 11 is 0. The summed E-state index contributed by atoms with van der Waals surface area (Å²) in [6.45, 7) is 0. The number of hydrogen-bond acceptors (Lipinski definition) is 4. The molecule has 0 amide bonds. The number of aliphatic carboxylic acids is 1. The molecule has 0 saturated heterocycles. The first kappa shape index (κ1) is 13.1. The molecule has 0 radical (unpaired) electrons. The standard InChI is InChI=1S/C12H12O5/c13-6-2-5-9-8(7-14)3-1-4-10(9)11(15)12(16)17/h1,3-4,6-7,11,15H,2,5H2,(H,16,17). The van der Waals surface area contributed by atoms with E-state index < -0.39 is 12.1 Å². The lowest BCUT2D eigenvalue weighted by Crippen LogP contribution is -2.14.